The summed E-state index contributed by atoms with van der Waals surface area (Å²) in [5, 5.41) is 1.99. The van der Waals surface area contributed by atoms with Crippen molar-refractivity contribution in [2.45, 2.75) is 116 Å². The maximum Gasteiger partial charge on any atom is 0.340 e. The van der Waals surface area contributed by atoms with E-state index in [0.29, 0.717) is 35.1 Å². The highest BCUT2D eigenvalue weighted by Crippen LogP contribution is 2.54. The topological polar surface area (TPSA) is 66.9 Å². The highest BCUT2D eigenvalue weighted by atomic mass is 16.4. The fourth-order valence-corrected chi connectivity index (χ4v) is 9.76. The fraction of sp³-hybridized carbons (Fsp3) is 0.550. The summed E-state index contributed by atoms with van der Waals surface area (Å²) >= 11 is 0. The molecule has 9 rings (SSSR count). The maximum absolute atomic E-state index is 14.1. The van der Waals surface area contributed by atoms with Crippen molar-refractivity contribution in [2.75, 3.05) is 36.0 Å². The van der Waals surface area contributed by atoms with Crippen molar-refractivity contribution in [1.29, 1.82) is 0 Å². The first-order valence-corrected chi connectivity index (χ1v) is 17.4. The Hall–Kier alpha value is -3.54. The SMILES string of the molecule is CC1(C)CCN2CCC(C)(C)c3c2c1cc1c2c(c(=O)oc31)Cc1c(c(=O)oc3c4c5c(cc13)C(C)(C)CCN5CCC4(C)C)C2. The van der Waals surface area contributed by atoms with Gasteiger partial charge >= 0.3 is 11.3 Å². The molecule has 240 valence electrons. The zero-order valence-corrected chi connectivity index (χ0v) is 28.8. The Balaban J connectivity index is 1.34. The third-order valence-corrected chi connectivity index (χ3v) is 12.9. The maximum atomic E-state index is 14.1. The smallest absolute Gasteiger partial charge is 0.340 e. The van der Waals surface area contributed by atoms with Gasteiger partial charge in [0.05, 0.1) is 0 Å². The van der Waals surface area contributed by atoms with E-state index in [1.54, 1.807) is 0 Å². The molecule has 0 amide bonds. The average molecular weight is 619 g/mol. The van der Waals surface area contributed by atoms with Crippen molar-refractivity contribution in [3.63, 3.8) is 0 Å². The molecule has 0 N–H and O–H groups in total. The number of benzene rings is 2. The Morgan fingerprint density at radius 1 is 0.522 bits per heavy atom. The summed E-state index contributed by atoms with van der Waals surface area (Å²) in [6, 6.07) is 4.61. The molecule has 6 nitrogen and oxygen atoms in total. The Kier molecular flexibility index (Phi) is 5.40. The summed E-state index contributed by atoms with van der Waals surface area (Å²) in [5.41, 5.74) is 11.5. The zero-order valence-electron chi connectivity index (χ0n) is 28.8. The van der Waals surface area contributed by atoms with E-state index in [1.807, 2.05) is 0 Å². The molecule has 46 heavy (non-hydrogen) atoms. The van der Waals surface area contributed by atoms with Gasteiger partial charge in [0.25, 0.3) is 0 Å². The van der Waals surface area contributed by atoms with Crippen LogP contribution in [-0.4, -0.2) is 26.2 Å². The molecule has 0 bridgehead atoms. The Morgan fingerprint density at radius 2 is 0.870 bits per heavy atom. The molecule has 4 aliphatic heterocycles. The van der Waals surface area contributed by atoms with Crippen molar-refractivity contribution in [3.8, 4) is 0 Å². The van der Waals surface area contributed by atoms with Gasteiger partial charge in [-0.2, -0.15) is 0 Å². The van der Waals surface area contributed by atoms with Crippen molar-refractivity contribution in [2.24, 2.45) is 0 Å². The van der Waals surface area contributed by atoms with Gasteiger partial charge in [-0.1, -0.05) is 55.4 Å². The minimum atomic E-state index is -0.264. The molecule has 6 heterocycles. The second kappa shape index (κ2) is 8.67. The summed E-state index contributed by atoms with van der Waals surface area (Å²) < 4.78 is 12.9. The third-order valence-electron chi connectivity index (χ3n) is 12.9. The first-order chi connectivity index (χ1) is 21.6. The Bertz CT molecular complexity index is 2020. The second-order valence-electron chi connectivity index (χ2n) is 17.6. The van der Waals surface area contributed by atoms with Gasteiger partial charge in [-0.05, 0) is 81.7 Å². The summed E-state index contributed by atoms with van der Waals surface area (Å²) in [7, 11) is 0. The van der Waals surface area contributed by atoms with Crippen LogP contribution in [0, 0.1) is 0 Å². The van der Waals surface area contributed by atoms with Gasteiger partial charge in [-0.25, -0.2) is 9.59 Å². The van der Waals surface area contributed by atoms with Crippen molar-refractivity contribution < 1.29 is 8.83 Å². The predicted octanol–water partition coefficient (Wildman–Crippen LogP) is 7.73. The lowest BCUT2D eigenvalue weighted by Crippen LogP contribution is -2.45. The summed E-state index contributed by atoms with van der Waals surface area (Å²) in [6.07, 6.45) is 4.96. The first kappa shape index (κ1) is 28.7. The Labute approximate surface area is 270 Å². The van der Waals surface area contributed by atoms with Crippen LogP contribution in [0.2, 0.25) is 0 Å². The predicted molar refractivity (Wildman–Crippen MR) is 186 cm³/mol. The van der Waals surface area contributed by atoms with Crippen LogP contribution in [0.1, 0.15) is 126 Å². The monoisotopic (exact) mass is 618 g/mol. The van der Waals surface area contributed by atoms with Crippen LogP contribution in [0.25, 0.3) is 21.9 Å². The van der Waals surface area contributed by atoms with Crippen molar-refractivity contribution >= 4 is 33.3 Å². The summed E-state index contributed by atoms with van der Waals surface area (Å²) in [6.45, 7) is 22.6. The van der Waals surface area contributed by atoms with Crippen LogP contribution in [-0.2, 0) is 34.5 Å². The largest absolute Gasteiger partial charge is 0.422 e. The fourth-order valence-electron chi connectivity index (χ4n) is 9.76. The van der Waals surface area contributed by atoms with Gasteiger partial charge in [0.15, 0.2) is 0 Å². The summed E-state index contributed by atoms with van der Waals surface area (Å²) in [5.74, 6) is 0. The molecule has 0 saturated carbocycles. The molecule has 6 heteroatoms. The molecule has 0 unspecified atom stereocenters. The second-order valence-corrected chi connectivity index (χ2v) is 17.6. The van der Waals surface area contributed by atoms with Gasteiger partial charge in [-0.15, -0.1) is 0 Å². The van der Waals surface area contributed by atoms with E-state index in [4.69, 9.17) is 8.83 Å². The van der Waals surface area contributed by atoms with Crippen LogP contribution in [0.3, 0.4) is 0 Å². The van der Waals surface area contributed by atoms with E-state index in [0.717, 1.165) is 84.9 Å². The Morgan fingerprint density at radius 3 is 1.24 bits per heavy atom. The third kappa shape index (κ3) is 3.59. The van der Waals surface area contributed by atoms with E-state index < -0.39 is 0 Å². The van der Waals surface area contributed by atoms with E-state index in [1.165, 1.54) is 22.5 Å². The molecule has 2 aromatic heterocycles. The summed E-state index contributed by atoms with van der Waals surface area (Å²) in [4.78, 5) is 33.2. The lowest BCUT2D eigenvalue weighted by atomic mass is 9.68. The molecule has 1 aliphatic carbocycles. The van der Waals surface area contributed by atoms with E-state index in [-0.39, 0.29) is 32.9 Å². The van der Waals surface area contributed by atoms with Crippen LogP contribution >= 0.6 is 0 Å². The molecule has 0 radical (unpaired) electrons. The number of rotatable bonds is 0. The van der Waals surface area contributed by atoms with Gasteiger partial charge in [0.2, 0.25) is 0 Å². The van der Waals surface area contributed by atoms with E-state index >= 15 is 0 Å². The molecule has 0 atom stereocenters. The minimum absolute atomic E-state index is 0.000976. The molecule has 2 aromatic carbocycles. The van der Waals surface area contributed by atoms with Gasteiger partial charge < -0.3 is 18.6 Å². The average Bonchev–Trinajstić information content (AvgIpc) is 2.98. The van der Waals surface area contributed by atoms with E-state index in [9.17, 15) is 9.59 Å². The number of hydrogen-bond acceptors (Lipinski definition) is 6. The molecule has 5 aliphatic rings. The molecule has 0 spiro atoms. The van der Waals surface area contributed by atoms with Crippen LogP contribution in [0.4, 0.5) is 11.4 Å². The van der Waals surface area contributed by atoms with Crippen molar-refractivity contribution in [1.82, 2.24) is 0 Å². The standard InChI is InChI=1S/C40H46N2O4/c1-37(2)9-13-41-15-11-39(5,6)29-31(41)27(37)19-23-21-17-26-22(18-25(21)35(43)45-33(23)29)24-20-28-32-30(34(24)46-36(26)44)40(7,8)12-16-42(32)14-10-38(28,3)4/h19-20H,9-18H2,1-8H3. The van der Waals surface area contributed by atoms with Crippen LogP contribution in [0.15, 0.2) is 30.6 Å². The molecular weight excluding hydrogens is 572 g/mol. The minimum Gasteiger partial charge on any atom is -0.422 e. The highest BCUT2D eigenvalue weighted by molar-refractivity contribution is 5.96. The molecule has 0 fully saturated rings. The van der Waals surface area contributed by atoms with Gasteiger partial charge in [-0.3, -0.25) is 0 Å². The lowest BCUT2D eigenvalue weighted by Gasteiger charge is -2.48. The highest BCUT2D eigenvalue weighted by Gasteiger charge is 2.45. The first-order valence-electron chi connectivity index (χ1n) is 17.4. The number of nitrogens with zero attached hydrogens (tertiary/aromatic N) is 2. The molecule has 0 saturated heterocycles. The lowest BCUT2D eigenvalue weighted by molar-refractivity contribution is 0.397. The van der Waals surface area contributed by atoms with E-state index in [2.05, 4.69) is 77.3 Å². The van der Waals surface area contributed by atoms with Gasteiger partial charge in [0, 0.05) is 83.4 Å². The molecular formula is C40H46N2O4. The number of fused-ring (bicyclic) bond motifs is 8. The number of hydrogen-bond donors (Lipinski definition) is 0. The van der Waals surface area contributed by atoms with Crippen LogP contribution in [0.5, 0.6) is 0 Å². The normalized spacial score (nSPS) is 22.7. The van der Waals surface area contributed by atoms with Crippen molar-refractivity contribution in [3.05, 3.63) is 77.5 Å². The molecule has 4 aromatic rings. The van der Waals surface area contributed by atoms with Gasteiger partial charge in [0.1, 0.15) is 11.2 Å². The quantitative estimate of drug-likeness (QED) is 0.166. The zero-order chi connectivity index (χ0) is 32.3. The van der Waals surface area contributed by atoms with Crippen LogP contribution < -0.4 is 21.1 Å². The number of anilines is 2.